The fraction of sp³-hybridized carbons (Fsp3) is 0.600. The van der Waals surface area contributed by atoms with E-state index in [1.165, 1.54) is 0 Å². The van der Waals surface area contributed by atoms with Crippen LogP contribution in [-0.2, 0) is 6.54 Å². The summed E-state index contributed by atoms with van der Waals surface area (Å²) in [6, 6.07) is 5.51. The maximum Gasteiger partial charge on any atom is 0.137 e. The summed E-state index contributed by atoms with van der Waals surface area (Å²) in [4.78, 5) is 0.724. The molecule has 0 saturated carbocycles. The van der Waals surface area contributed by atoms with Crippen LogP contribution in [0.15, 0.2) is 23.1 Å². The van der Waals surface area contributed by atoms with Gasteiger partial charge in [0.15, 0.2) is 0 Å². The van der Waals surface area contributed by atoms with Crippen LogP contribution in [0.5, 0.6) is 0 Å². The minimum absolute atomic E-state index is 0.0337. The molecule has 0 amide bonds. The maximum atomic E-state index is 14.0. The smallest absolute Gasteiger partial charge is 0.137 e. The summed E-state index contributed by atoms with van der Waals surface area (Å²) in [6.07, 6.45) is 0. The van der Waals surface area contributed by atoms with E-state index < -0.39 is 0 Å². The highest BCUT2D eigenvalue weighted by atomic mass is 32.2. The van der Waals surface area contributed by atoms with Gasteiger partial charge in [-0.3, -0.25) is 0 Å². The second-order valence-corrected chi connectivity index (χ2v) is 8.45. The van der Waals surface area contributed by atoms with Crippen LogP contribution in [0, 0.1) is 5.82 Å². The number of rotatable bonds is 3. The Morgan fingerprint density at radius 2 is 1.72 bits per heavy atom. The molecule has 0 fully saturated rings. The van der Waals surface area contributed by atoms with E-state index in [9.17, 15) is 4.39 Å². The van der Waals surface area contributed by atoms with Gasteiger partial charge in [-0.05, 0) is 38.5 Å². The molecule has 1 nitrogen and oxygen atoms in total. The minimum atomic E-state index is -0.122. The van der Waals surface area contributed by atoms with Crippen LogP contribution in [0.1, 0.15) is 47.1 Å². The molecule has 0 aromatic heterocycles. The van der Waals surface area contributed by atoms with Gasteiger partial charge in [-0.1, -0.05) is 26.8 Å². The van der Waals surface area contributed by atoms with Crippen LogP contribution in [0.3, 0.4) is 0 Å². The van der Waals surface area contributed by atoms with Gasteiger partial charge in [-0.2, -0.15) is 0 Å². The molecule has 0 aliphatic rings. The van der Waals surface area contributed by atoms with Crippen LogP contribution in [0.25, 0.3) is 0 Å². The molecule has 0 saturated heterocycles. The molecule has 1 rings (SSSR count). The Kier molecular flexibility index (Phi) is 4.84. The fourth-order valence-electron chi connectivity index (χ4n) is 1.43. The van der Waals surface area contributed by atoms with E-state index in [-0.39, 0.29) is 16.1 Å². The Bertz CT molecular complexity index is 402. The third-order valence-electron chi connectivity index (χ3n) is 2.24. The summed E-state index contributed by atoms with van der Waals surface area (Å²) < 4.78 is 14.0. The zero-order chi connectivity index (χ0) is 14.0. The second-order valence-electron chi connectivity index (χ2n) is 6.58. The highest BCUT2D eigenvalue weighted by Gasteiger charge is 2.15. The molecule has 0 heterocycles. The normalized spacial score (nSPS) is 12.8. The zero-order valence-electron chi connectivity index (χ0n) is 12.2. The number of halogens is 1. The van der Waals surface area contributed by atoms with Crippen molar-refractivity contribution in [2.24, 2.45) is 0 Å². The van der Waals surface area contributed by atoms with Gasteiger partial charge in [0.1, 0.15) is 5.82 Å². The SMILES string of the molecule is CC(C)(C)NCc1ccc(SC(C)(C)C)c(F)c1. The van der Waals surface area contributed by atoms with Gasteiger partial charge in [0.2, 0.25) is 0 Å². The van der Waals surface area contributed by atoms with E-state index in [0.29, 0.717) is 6.54 Å². The van der Waals surface area contributed by atoms with E-state index in [2.05, 4.69) is 46.9 Å². The van der Waals surface area contributed by atoms with E-state index in [4.69, 9.17) is 0 Å². The number of thioether (sulfide) groups is 1. The molecule has 0 atom stereocenters. The molecule has 0 aliphatic carbocycles. The first-order chi connectivity index (χ1) is 8.07. The van der Waals surface area contributed by atoms with Gasteiger partial charge in [-0.15, -0.1) is 11.8 Å². The Balaban J connectivity index is 2.74. The standard InChI is InChI=1S/C15H24FNS/c1-14(2,3)17-10-11-7-8-13(12(16)9-11)18-15(4,5)6/h7-9,17H,10H2,1-6H3. The lowest BCUT2D eigenvalue weighted by Gasteiger charge is -2.21. The van der Waals surface area contributed by atoms with Gasteiger partial charge in [0, 0.05) is 21.7 Å². The molecular formula is C15H24FNS. The second kappa shape index (κ2) is 5.62. The van der Waals surface area contributed by atoms with Crippen LogP contribution in [0.4, 0.5) is 4.39 Å². The molecule has 18 heavy (non-hydrogen) atoms. The van der Waals surface area contributed by atoms with Crippen molar-refractivity contribution in [2.45, 2.75) is 63.3 Å². The number of nitrogens with one attached hydrogen (secondary N) is 1. The van der Waals surface area contributed by atoms with Crippen molar-refractivity contribution in [2.75, 3.05) is 0 Å². The molecule has 1 aromatic carbocycles. The van der Waals surface area contributed by atoms with E-state index in [0.717, 1.165) is 10.5 Å². The first kappa shape index (κ1) is 15.5. The van der Waals surface area contributed by atoms with Crippen LogP contribution in [-0.4, -0.2) is 10.3 Å². The predicted molar refractivity (Wildman–Crippen MR) is 78.6 cm³/mol. The van der Waals surface area contributed by atoms with Crippen LogP contribution >= 0.6 is 11.8 Å². The van der Waals surface area contributed by atoms with Crippen molar-refractivity contribution < 1.29 is 4.39 Å². The summed E-state index contributed by atoms with van der Waals surface area (Å²) >= 11 is 1.56. The van der Waals surface area contributed by atoms with Crippen molar-refractivity contribution in [3.05, 3.63) is 29.6 Å². The van der Waals surface area contributed by atoms with Gasteiger partial charge < -0.3 is 5.32 Å². The molecule has 0 spiro atoms. The maximum absolute atomic E-state index is 14.0. The lowest BCUT2D eigenvalue weighted by Crippen LogP contribution is -2.35. The van der Waals surface area contributed by atoms with Crippen molar-refractivity contribution in [3.8, 4) is 0 Å². The highest BCUT2D eigenvalue weighted by molar-refractivity contribution is 8.00. The quantitative estimate of drug-likeness (QED) is 0.805. The third kappa shape index (κ3) is 5.87. The van der Waals surface area contributed by atoms with Gasteiger partial charge in [0.25, 0.3) is 0 Å². The first-order valence-corrected chi connectivity index (χ1v) is 7.11. The molecule has 0 unspecified atom stereocenters. The average Bonchev–Trinajstić information content (AvgIpc) is 2.15. The zero-order valence-corrected chi connectivity index (χ0v) is 13.0. The summed E-state index contributed by atoms with van der Waals surface area (Å²) in [6.45, 7) is 13.3. The molecule has 0 aliphatic heterocycles. The van der Waals surface area contributed by atoms with Gasteiger partial charge in [0.05, 0.1) is 0 Å². The van der Waals surface area contributed by atoms with Crippen molar-refractivity contribution >= 4 is 11.8 Å². The Hall–Kier alpha value is -0.540. The van der Waals surface area contributed by atoms with E-state index in [1.54, 1.807) is 17.8 Å². The van der Waals surface area contributed by atoms with E-state index in [1.807, 2.05) is 12.1 Å². The van der Waals surface area contributed by atoms with Gasteiger partial charge in [-0.25, -0.2) is 4.39 Å². The molecule has 1 N–H and O–H groups in total. The molecular weight excluding hydrogens is 245 g/mol. The Labute approximate surface area is 115 Å². The summed E-state index contributed by atoms with van der Waals surface area (Å²) in [5.41, 5.74) is 1.04. The fourth-order valence-corrected chi connectivity index (χ4v) is 2.39. The molecule has 3 heteroatoms. The number of hydrogen-bond donors (Lipinski definition) is 1. The van der Waals surface area contributed by atoms with Crippen molar-refractivity contribution in [3.63, 3.8) is 0 Å². The topological polar surface area (TPSA) is 12.0 Å². The Morgan fingerprint density at radius 3 is 2.17 bits per heavy atom. The van der Waals surface area contributed by atoms with Crippen molar-refractivity contribution in [1.29, 1.82) is 0 Å². The number of hydrogen-bond acceptors (Lipinski definition) is 2. The van der Waals surface area contributed by atoms with Crippen LogP contribution in [0.2, 0.25) is 0 Å². The molecule has 0 radical (unpaired) electrons. The summed E-state index contributed by atoms with van der Waals surface area (Å²) in [5, 5.41) is 3.36. The minimum Gasteiger partial charge on any atom is -0.308 e. The molecule has 0 bridgehead atoms. The lowest BCUT2D eigenvalue weighted by atomic mass is 10.1. The lowest BCUT2D eigenvalue weighted by molar-refractivity contribution is 0.423. The predicted octanol–water partition coefficient (Wildman–Crippen LogP) is 4.60. The van der Waals surface area contributed by atoms with Gasteiger partial charge >= 0.3 is 0 Å². The third-order valence-corrected chi connectivity index (χ3v) is 3.40. The van der Waals surface area contributed by atoms with Crippen molar-refractivity contribution in [1.82, 2.24) is 5.32 Å². The highest BCUT2D eigenvalue weighted by Crippen LogP contribution is 2.33. The molecule has 102 valence electrons. The van der Waals surface area contributed by atoms with E-state index >= 15 is 0 Å². The summed E-state index contributed by atoms with van der Waals surface area (Å²) in [7, 11) is 0. The Morgan fingerprint density at radius 1 is 1.11 bits per heavy atom. The first-order valence-electron chi connectivity index (χ1n) is 6.29. The monoisotopic (exact) mass is 269 g/mol. The summed E-state index contributed by atoms with van der Waals surface area (Å²) in [5.74, 6) is -0.122. The number of benzene rings is 1. The molecule has 1 aromatic rings. The van der Waals surface area contributed by atoms with Crippen LogP contribution < -0.4 is 5.32 Å². The average molecular weight is 269 g/mol. The largest absolute Gasteiger partial charge is 0.308 e.